The maximum absolute atomic E-state index is 12.6. The number of amides is 1. The third kappa shape index (κ3) is 5.64. The minimum atomic E-state index is -0.666. The molecule has 3 rings (SSSR count). The van der Waals surface area contributed by atoms with Gasteiger partial charge in [0.15, 0.2) is 12.4 Å². The maximum Gasteiger partial charge on any atom is 0.338 e. The highest BCUT2D eigenvalue weighted by molar-refractivity contribution is 6.09. The zero-order valence-corrected chi connectivity index (χ0v) is 16.7. The van der Waals surface area contributed by atoms with E-state index < -0.39 is 18.5 Å². The van der Waals surface area contributed by atoms with Crippen LogP contribution in [0.15, 0.2) is 84.9 Å². The third-order valence-electron chi connectivity index (χ3n) is 4.56. The van der Waals surface area contributed by atoms with Crippen molar-refractivity contribution in [2.24, 2.45) is 0 Å². The van der Waals surface area contributed by atoms with E-state index in [4.69, 9.17) is 10.00 Å². The van der Waals surface area contributed by atoms with E-state index in [1.54, 1.807) is 60.7 Å². The summed E-state index contributed by atoms with van der Waals surface area (Å²) in [5, 5.41) is 8.85. The second-order valence-corrected chi connectivity index (χ2v) is 6.64. The third-order valence-corrected chi connectivity index (χ3v) is 4.56. The summed E-state index contributed by atoms with van der Waals surface area (Å²) >= 11 is 0. The lowest BCUT2D eigenvalue weighted by Gasteiger charge is -2.21. The number of hydrogen-bond acceptors (Lipinski definition) is 5. The number of nitrogens with zero attached hydrogens (tertiary/aromatic N) is 2. The van der Waals surface area contributed by atoms with Gasteiger partial charge in [0.2, 0.25) is 0 Å². The van der Waals surface area contributed by atoms with E-state index in [1.807, 2.05) is 18.2 Å². The van der Waals surface area contributed by atoms with Gasteiger partial charge in [-0.3, -0.25) is 9.59 Å². The number of hydrogen-bond donors (Lipinski definition) is 0. The molecule has 154 valence electrons. The smallest absolute Gasteiger partial charge is 0.338 e. The molecule has 0 heterocycles. The van der Waals surface area contributed by atoms with Gasteiger partial charge in [-0.1, -0.05) is 60.7 Å². The van der Waals surface area contributed by atoms with Crippen molar-refractivity contribution in [3.8, 4) is 6.07 Å². The highest BCUT2D eigenvalue weighted by Gasteiger charge is 2.18. The summed E-state index contributed by atoms with van der Waals surface area (Å²) in [5.41, 5.74) is 1.87. The fourth-order valence-corrected chi connectivity index (χ4v) is 2.97. The molecule has 31 heavy (non-hydrogen) atoms. The van der Waals surface area contributed by atoms with Gasteiger partial charge in [0, 0.05) is 23.4 Å². The second-order valence-electron chi connectivity index (χ2n) is 6.64. The summed E-state index contributed by atoms with van der Waals surface area (Å²) in [5.74, 6) is -1.24. The molecule has 1 amide bonds. The molecule has 0 aliphatic rings. The van der Waals surface area contributed by atoms with Crippen LogP contribution in [-0.4, -0.2) is 30.8 Å². The fraction of sp³-hybridized carbons (Fsp3) is 0.120. The molecule has 6 nitrogen and oxygen atoms in total. The number of ether oxygens (including phenoxy) is 1. The van der Waals surface area contributed by atoms with E-state index in [2.05, 4.69) is 0 Å². The first kappa shape index (κ1) is 21.5. The molecule has 0 N–H and O–H groups in total. The van der Waals surface area contributed by atoms with Crippen LogP contribution in [0.4, 0.5) is 5.69 Å². The number of ketones is 1. The Morgan fingerprint density at radius 2 is 1.32 bits per heavy atom. The molecule has 0 bridgehead atoms. The highest BCUT2D eigenvalue weighted by atomic mass is 16.5. The van der Waals surface area contributed by atoms with Gasteiger partial charge in [-0.25, -0.2) is 4.79 Å². The SMILES string of the molecule is N#CCCN(C(=O)COC(=O)c1ccc(C(=O)c2ccccc2)cc1)c1ccccc1. The lowest BCUT2D eigenvalue weighted by molar-refractivity contribution is -0.121. The Kier molecular flexibility index (Phi) is 7.28. The molecule has 0 saturated heterocycles. The van der Waals surface area contributed by atoms with E-state index in [0.29, 0.717) is 16.8 Å². The molecule has 0 fully saturated rings. The van der Waals surface area contributed by atoms with Crippen LogP contribution in [-0.2, 0) is 9.53 Å². The molecule has 0 radical (unpaired) electrons. The van der Waals surface area contributed by atoms with Crippen molar-refractivity contribution in [2.45, 2.75) is 6.42 Å². The standard InChI is InChI=1S/C25H20N2O4/c26-16-7-17-27(22-10-5-2-6-11-22)23(28)18-31-25(30)21-14-12-20(13-15-21)24(29)19-8-3-1-4-9-19/h1-6,8-15H,7,17-18H2. The van der Waals surface area contributed by atoms with Gasteiger partial charge in [-0.15, -0.1) is 0 Å². The first-order valence-corrected chi connectivity index (χ1v) is 9.69. The Morgan fingerprint density at radius 1 is 0.774 bits per heavy atom. The van der Waals surface area contributed by atoms with Gasteiger partial charge in [-0.2, -0.15) is 5.26 Å². The number of esters is 1. The molecule has 3 aromatic rings. The zero-order chi connectivity index (χ0) is 22.1. The Bertz CT molecular complexity index is 1090. The van der Waals surface area contributed by atoms with Crippen LogP contribution in [0, 0.1) is 11.3 Å². The number of anilines is 1. The van der Waals surface area contributed by atoms with Crippen molar-refractivity contribution >= 4 is 23.3 Å². The normalized spacial score (nSPS) is 10.0. The largest absolute Gasteiger partial charge is 0.452 e. The summed E-state index contributed by atoms with van der Waals surface area (Å²) in [6.07, 6.45) is 0.158. The number of benzene rings is 3. The molecule has 6 heteroatoms. The van der Waals surface area contributed by atoms with Crippen molar-refractivity contribution in [2.75, 3.05) is 18.1 Å². The molecule has 0 aliphatic heterocycles. The van der Waals surface area contributed by atoms with Crippen molar-refractivity contribution in [3.05, 3.63) is 102 Å². The molecule has 0 unspecified atom stereocenters. The summed E-state index contributed by atoms with van der Waals surface area (Å²) in [7, 11) is 0. The van der Waals surface area contributed by atoms with Gasteiger partial charge in [0.25, 0.3) is 5.91 Å². The molecule has 0 atom stereocenters. The van der Waals surface area contributed by atoms with E-state index in [9.17, 15) is 14.4 Å². The van der Waals surface area contributed by atoms with Crippen LogP contribution in [0.2, 0.25) is 0 Å². The molecule has 0 saturated carbocycles. The summed E-state index contributed by atoms with van der Waals surface area (Å²) in [6.45, 7) is -0.253. The lowest BCUT2D eigenvalue weighted by Crippen LogP contribution is -2.35. The quantitative estimate of drug-likeness (QED) is 0.412. The van der Waals surface area contributed by atoms with Gasteiger partial charge >= 0.3 is 5.97 Å². The average molecular weight is 412 g/mol. The van der Waals surface area contributed by atoms with Gasteiger partial charge in [0.1, 0.15) is 0 Å². The van der Waals surface area contributed by atoms with Crippen LogP contribution < -0.4 is 4.90 Å². The first-order chi connectivity index (χ1) is 15.1. The summed E-state index contributed by atoms with van der Waals surface area (Å²) in [6, 6.07) is 25.8. The minimum Gasteiger partial charge on any atom is -0.452 e. The van der Waals surface area contributed by atoms with Gasteiger partial charge in [0.05, 0.1) is 18.1 Å². The second kappa shape index (κ2) is 10.5. The summed E-state index contributed by atoms with van der Waals surface area (Å²) < 4.78 is 5.16. The molecule has 3 aromatic carbocycles. The van der Waals surface area contributed by atoms with E-state index in [-0.39, 0.29) is 24.3 Å². The van der Waals surface area contributed by atoms with Crippen LogP contribution in [0.5, 0.6) is 0 Å². The fourth-order valence-electron chi connectivity index (χ4n) is 2.97. The maximum atomic E-state index is 12.6. The zero-order valence-electron chi connectivity index (χ0n) is 16.7. The molecule has 0 spiro atoms. The summed E-state index contributed by atoms with van der Waals surface area (Å²) in [4.78, 5) is 38.8. The van der Waals surface area contributed by atoms with Gasteiger partial charge < -0.3 is 9.64 Å². The lowest BCUT2D eigenvalue weighted by atomic mass is 10.0. The Balaban J connectivity index is 1.62. The molecular weight excluding hydrogens is 392 g/mol. The topological polar surface area (TPSA) is 87.5 Å². The monoisotopic (exact) mass is 412 g/mol. The number of para-hydroxylation sites is 1. The number of nitriles is 1. The molecule has 0 aliphatic carbocycles. The van der Waals surface area contributed by atoms with Crippen molar-refractivity contribution in [1.82, 2.24) is 0 Å². The first-order valence-electron chi connectivity index (χ1n) is 9.69. The number of rotatable bonds is 8. The van der Waals surface area contributed by atoms with Crippen molar-refractivity contribution in [3.63, 3.8) is 0 Å². The van der Waals surface area contributed by atoms with Crippen LogP contribution in [0.25, 0.3) is 0 Å². The predicted molar refractivity (Wildman–Crippen MR) is 116 cm³/mol. The van der Waals surface area contributed by atoms with Crippen LogP contribution in [0.1, 0.15) is 32.7 Å². The van der Waals surface area contributed by atoms with Crippen molar-refractivity contribution in [1.29, 1.82) is 5.26 Å². The van der Waals surface area contributed by atoms with Gasteiger partial charge in [-0.05, 0) is 24.3 Å². The predicted octanol–water partition coefficient (Wildman–Crippen LogP) is 4.02. The van der Waals surface area contributed by atoms with Crippen LogP contribution in [0.3, 0.4) is 0 Å². The van der Waals surface area contributed by atoms with E-state index in [1.165, 1.54) is 17.0 Å². The van der Waals surface area contributed by atoms with E-state index >= 15 is 0 Å². The number of carbonyl (C=O) groups is 3. The molecule has 0 aromatic heterocycles. The Morgan fingerprint density at radius 3 is 1.94 bits per heavy atom. The minimum absolute atomic E-state index is 0.147. The molecular formula is C25H20N2O4. The number of carbonyl (C=O) groups excluding carboxylic acids is 3. The van der Waals surface area contributed by atoms with E-state index in [0.717, 1.165) is 0 Å². The average Bonchev–Trinajstić information content (AvgIpc) is 2.83. The Labute approximate surface area is 180 Å². The Hall–Kier alpha value is -4.24. The van der Waals surface area contributed by atoms with Crippen molar-refractivity contribution < 1.29 is 19.1 Å². The van der Waals surface area contributed by atoms with Crippen LogP contribution >= 0.6 is 0 Å². The highest BCUT2D eigenvalue weighted by Crippen LogP contribution is 2.15.